The number of nitrogens with zero attached hydrogens (tertiary/aromatic N) is 2. The number of carbonyl (C=O) groups is 1. The van der Waals surface area contributed by atoms with E-state index in [1.54, 1.807) is 0 Å². The van der Waals surface area contributed by atoms with Gasteiger partial charge in [-0.25, -0.2) is 4.79 Å². The first-order valence-electron chi connectivity index (χ1n) is 6.81. The van der Waals surface area contributed by atoms with Gasteiger partial charge in [-0.05, 0) is 48.0 Å². The average molecular weight is 252 g/mol. The Labute approximate surface area is 112 Å². The van der Waals surface area contributed by atoms with Crippen LogP contribution in [0.25, 0.3) is 0 Å². The van der Waals surface area contributed by atoms with Crippen LogP contribution < -0.4 is 0 Å². The Morgan fingerprint density at radius 2 is 1.56 bits per heavy atom. The van der Waals surface area contributed by atoms with E-state index < -0.39 is 0 Å². The maximum Gasteiger partial charge on any atom is 0.321 e. The Morgan fingerprint density at radius 3 is 1.83 bits per heavy atom. The van der Waals surface area contributed by atoms with Crippen molar-refractivity contribution in [1.82, 2.24) is 9.80 Å². The van der Waals surface area contributed by atoms with E-state index in [9.17, 15) is 4.79 Å². The molecule has 1 aliphatic rings. The number of hydrogen-bond donors (Lipinski definition) is 0. The molecule has 1 rings (SSSR count). The molecule has 18 heavy (non-hydrogen) atoms. The minimum Gasteiger partial charge on any atom is -0.314 e. The third kappa shape index (κ3) is 2.40. The predicted octanol–water partition coefficient (Wildman–Crippen LogP) is 3.65. The van der Waals surface area contributed by atoms with Crippen LogP contribution in [0.3, 0.4) is 0 Å². The van der Waals surface area contributed by atoms with Gasteiger partial charge in [0.25, 0.3) is 0 Å². The van der Waals surface area contributed by atoms with Crippen molar-refractivity contribution in [3.63, 3.8) is 0 Å². The van der Waals surface area contributed by atoms with Gasteiger partial charge in [0.2, 0.25) is 0 Å². The van der Waals surface area contributed by atoms with Gasteiger partial charge in [-0.2, -0.15) is 0 Å². The summed E-state index contributed by atoms with van der Waals surface area (Å²) in [6.45, 7) is 18.6. The molecular formula is C15H28N2O. The van der Waals surface area contributed by atoms with Crippen LogP contribution in [-0.2, 0) is 0 Å². The smallest absolute Gasteiger partial charge is 0.314 e. The standard InChI is InChI=1S/C15H28N2O/c1-9-11-12(10-2)17(15(6,7)8)13(18)16(11)14(3,4)5/h9,11-12H,1,10H2,2-8H3/t11-,12-/m0/s1. The molecule has 2 atom stereocenters. The summed E-state index contributed by atoms with van der Waals surface area (Å²) in [6, 6.07) is 0.447. The Morgan fingerprint density at radius 1 is 1.11 bits per heavy atom. The Hall–Kier alpha value is -0.990. The summed E-state index contributed by atoms with van der Waals surface area (Å²) in [5, 5.41) is 0. The maximum atomic E-state index is 12.7. The maximum absolute atomic E-state index is 12.7. The molecule has 0 spiro atoms. The van der Waals surface area contributed by atoms with Gasteiger partial charge in [-0.3, -0.25) is 0 Å². The zero-order valence-electron chi connectivity index (χ0n) is 12.9. The number of urea groups is 1. The van der Waals surface area contributed by atoms with Crippen molar-refractivity contribution < 1.29 is 4.79 Å². The molecule has 3 heteroatoms. The minimum atomic E-state index is -0.177. The Kier molecular flexibility index (Phi) is 3.85. The molecule has 0 N–H and O–H groups in total. The van der Waals surface area contributed by atoms with Gasteiger partial charge in [0.05, 0.1) is 12.1 Å². The largest absolute Gasteiger partial charge is 0.321 e. The fourth-order valence-electron chi connectivity index (χ4n) is 2.92. The highest BCUT2D eigenvalue weighted by atomic mass is 16.2. The zero-order valence-corrected chi connectivity index (χ0v) is 12.9. The van der Waals surface area contributed by atoms with E-state index in [-0.39, 0.29) is 29.2 Å². The van der Waals surface area contributed by atoms with Crippen LogP contribution in [0.4, 0.5) is 4.79 Å². The van der Waals surface area contributed by atoms with E-state index in [1.165, 1.54) is 0 Å². The molecule has 0 aliphatic carbocycles. The van der Waals surface area contributed by atoms with E-state index in [2.05, 4.69) is 55.0 Å². The monoisotopic (exact) mass is 252 g/mol. The van der Waals surface area contributed by atoms with E-state index in [0.717, 1.165) is 6.42 Å². The van der Waals surface area contributed by atoms with Gasteiger partial charge >= 0.3 is 6.03 Å². The summed E-state index contributed by atoms with van der Waals surface area (Å²) in [7, 11) is 0. The quantitative estimate of drug-likeness (QED) is 0.688. The van der Waals surface area contributed by atoms with Crippen molar-refractivity contribution in [1.29, 1.82) is 0 Å². The molecule has 0 saturated carbocycles. The normalized spacial score (nSPS) is 25.8. The minimum absolute atomic E-state index is 0.0988. The molecule has 3 nitrogen and oxygen atoms in total. The number of rotatable bonds is 2. The summed E-state index contributed by atoms with van der Waals surface area (Å²) in [5.74, 6) is 0. The van der Waals surface area contributed by atoms with Crippen LogP contribution in [0.1, 0.15) is 54.9 Å². The topological polar surface area (TPSA) is 23.6 Å². The molecule has 0 aromatic rings. The number of hydrogen-bond acceptors (Lipinski definition) is 1. The highest BCUT2D eigenvalue weighted by Crippen LogP contribution is 2.36. The number of carbonyl (C=O) groups excluding carboxylic acids is 1. The molecule has 104 valence electrons. The molecule has 1 aliphatic heterocycles. The number of amides is 2. The second kappa shape index (κ2) is 4.60. The summed E-state index contributed by atoms with van der Waals surface area (Å²) in [4.78, 5) is 16.7. The van der Waals surface area contributed by atoms with E-state index >= 15 is 0 Å². The molecule has 0 aromatic carbocycles. The molecule has 0 aromatic heterocycles. The lowest BCUT2D eigenvalue weighted by molar-refractivity contribution is 0.122. The molecule has 0 bridgehead atoms. The van der Waals surface area contributed by atoms with Gasteiger partial charge in [-0.15, -0.1) is 6.58 Å². The third-order valence-electron chi connectivity index (χ3n) is 3.54. The van der Waals surface area contributed by atoms with Crippen molar-refractivity contribution in [2.24, 2.45) is 0 Å². The van der Waals surface area contributed by atoms with E-state index in [1.807, 2.05) is 15.9 Å². The molecule has 1 fully saturated rings. The molecule has 2 amide bonds. The van der Waals surface area contributed by atoms with Gasteiger partial charge in [-0.1, -0.05) is 13.0 Å². The van der Waals surface area contributed by atoms with Crippen LogP contribution in [0, 0.1) is 0 Å². The molecular weight excluding hydrogens is 224 g/mol. The first-order chi connectivity index (χ1) is 8.05. The van der Waals surface area contributed by atoms with E-state index in [4.69, 9.17) is 0 Å². The Bertz CT molecular complexity index is 335. The second-order valence-electron chi connectivity index (χ2n) is 7.07. The van der Waals surface area contributed by atoms with Crippen molar-refractivity contribution in [2.75, 3.05) is 0 Å². The molecule has 0 radical (unpaired) electrons. The van der Waals surface area contributed by atoms with Crippen LogP contribution in [-0.4, -0.2) is 39.0 Å². The molecule has 0 unspecified atom stereocenters. The zero-order chi connectivity index (χ0) is 14.3. The predicted molar refractivity (Wildman–Crippen MR) is 76.6 cm³/mol. The van der Waals surface area contributed by atoms with Gasteiger partial charge in [0.1, 0.15) is 0 Å². The first kappa shape index (κ1) is 15.1. The summed E-state index contributed by atoms with van der Waals surface area (Å²) < 4.78 is 0. The highest BCUT2D eigenvalue weighted by Gasteiger charge is 2.50. The summed E-state index contributed by atoms with van der Waals surface area (Å²) in [5.41, 5.74) is -0.331. The van der Waals surface area contributed by atoms with Gasteiger partial charge < -0.3 is 9.80 Å². The lowest BCUT2D eigenvalue weighted by Gasteiger charge is -2.37. The van der Waals surface area contributed by atoms with Crippen molar-refractivity contribution in [3.8, 4) is 0 Å². The van der Waals surface area contributed by atoms with Crippen molar-refractivity contribution >= 4 is 6.03 Å². The van der Waals surface area contributed by atoms with Crippen LogP contribution in [0.5, 0.6) is 0 Å². The van der Waals surface area contributed by atoms with Gasteiger partial charge in [0.15, 0.2) is 0 Å². The van der Waals surface area contributed by atoms with Crippen LogP contribution in [0.15, 0.2) is 12.7 Å². The van der Waals surface area contributed by atoms with Crippen molar-refractivity contribution in [3.05, 3.63) is 12.7 Å². The first-order valence-corrected chi connectivity index (χ1v) is 6.81. The average Bonchev–Trinajstić information content (AvgIpc) is 2.48. The SMILES string of the molecule is C=C[C@H]1[C@H](CC)N(C(C)(C)C)C(=O)N1C(C)(C)C. The van der Waals surface area contributed by atoms with Crippen LogP contribution in [0.2, 0.25) is 0 Å². The molecule has 1 heterocycles. The lowest BCUT2D eigenvalue weighted by Crippen LogP contribution is -2.50. The van der Waals surface area contributed by atoms with E-state index in [0.29, 0.717) is 0 Å². The summed E-state index contributed by atoms with van der Waals surface area (Å²) >= 11 is 0. The second-order valence-corrected chi connectivity index (χ2v) is 7.07. The third-order valence-corrected chi connectivity index (χ3v) is 3.54. The molecule has 1 saturated heterocycles. The lowest BCUT2D eigenvalue weighted by atomic mass is 9.97. The summed E-state index contributed by atoms with van der Waals surface area (Å²) in [6.07, 6.45) is 2.87. The van der Waals surface area contributed by atoms with Crippen LogP contribution >= 0.6 is 0 Å². The fraction of sp³-hybridized carbons (Fsp3) is 0.800. The van der Waals surface area contributed by atoms with Crippen molar-refractivity contribution in [2.45, 2.75) is 78.0 Å². The fourth-order valence-corrected chi connectivity index (χ4v) is 2.92. The highest BCUT2D eigenvalue weighted by molar-refractivity contribution is 5.80. The van der Waals surface area contributed by atoms with Gasteiger partial charge in [0, 0.05) is 11.1 Å². The Balaban J connectivity index is 3.26.